The van der Waals surface area contributed by atoms with E-state index in [9.17, 15) is 9.59 Å². The van der Waals surface area contributed by atoms with E-state index in [-0.39, 0.29) is 18.2 Å². The molecule has 0 spiro atoms. The van der Waals surface area contributed by atoms with Crippen LogP contribution in [-0.2, 0) is 16.1 Å². The average Bonchev–Trinajstić information content (AvgIpc) is 2.69. The van der Waals surface area contributed by atoms with Crippen molar-refractivity contribution in [2.45, 2.75) is 36.5 Å². The Morgan fingerprint density at radius 3 is 2.71 bits per heavy atom. The Morgan fingerprint density at radius 1 is 1.29 bits per heavy atom. The first-order chi connectivity index (χ1) is 13.5. The molecule has 2 amide bonds. The number of benzene rings is 2. The van der Waals surface area contributed by atoms with Crippen LogP contribution in [0.4, 0.5) is 5.69 Å². The highest BCUT2D eigenvalue weighted by Gasteiger charge is 2.30. The molecule has 5 nitrogen and oxygen atoms in total. The van der Waals surface area contributed by atoms with Gasteiger partial charge in [-0.15, -0.1) is 11.8 Å². The lowest BCUT2D eigenvalue weighted by Gasteiger charge is -2.27. The van der Waals surface area contributed by atoms with Gasteiger partial charge in [0.15, 0.2) is 0 Å². The number of halogens is 1. The van der Waals surface area contributed by atoms with Crippen LogP contribution in [-0.4, -0.2) is 28.5 Å². The maximum atomic E-state index is 12.9. The van der Waals surface area contributed by atoms with E-state index in [1.807, 2.05) is 25.1 Å². The lowest BCUT2D eigenvalue weighted by Crippen LogP contribution is -2.37. The summed E-state index contributed by atoms with van der Waals surface area (Å²) < 4.78 is 0. The van der Waals surface area contributed by atoms with Crippen molar-refractivity contribution in [2.75, 3.05) is 11.9 Å². The Balaban J connectivity index is 1.68. The van der Waals surface area contributed by atoms with Crippen LogP contribution in [0.3, 0.4) is 0 Å². The van der Waals surface area contributed by atoms with Gasteiger partial charge < -0.3 is 10.2 Å². The van der Waals surface area contributed by atoms with Crippen LogP contribution in [0.25, 0.3) is 0 Å². The Hall–Kier alpha value is -2.49. The lowest BCUT2D eigenvalue weighted by atomic mass is 10.1. The first-order valence-corrected chi connectivity index (χ1v) is 10.3. The first-order valence-electron chi connectivity index (χ1n) is 9.04. The summed E-state index contributed by atoms with van der Waals surface area (Å²) in [5.74, 6) is -0.237. The van der Waals surface area contributed by atoms with E-state index in [1.54, 1.807) is 29.2 Å². The SMILES string of the molecule is CCCN(Cc1ccc(C#N)cc1)C(=O)CC1Sc2ccc(Cl)cc2NC1=O. The second-order valence-electron chi connectivity index (χ2n) is 6.56. The number of nitrogens with zero attached hydrogens (tertiary/aromatic N) is 2. The zero-order valence-corrected chi connectivity index (χ0v) is 17.0. The topological polar surface area (TPSA) is 73.2 Å². The van der Waals surface area contributed by atoms with Gasteiger partial charge >= 0.3 is 0 Å². The number of hydrogen-bond acceptors (Lipinski definition) is 4. The molecule has 0 fully saturated rings. The van der Waals surface area contributed by atoms with E-state index >= 15 is 0 Å². The number of rotatable bonds is 6. The summed E-state index contributed by atoms with van der Waals surface area (Å²) in [6.07, 6.45) is 0.961. The smallest absolute Gasteiger partial charge is 0.238 e. The van der Waals surface area contributed by atoms with E-state index in [4.69, 9.17) is 16.9 Å². The molecule has 28 heavy (non-hydrogen) atoms. The summed E-state index contributed by atoms with van der Waals surface area (Å²) >= 11 is 7.37. The Bertz CT molecular complexity index is 924. The number of carbonyl (C=O) groups excluding carboxylic acids is 2. The van der Waals surface area contributed by atoms with Gasteiger partial charge in [-0.1, -0.05) is 30.7 Å². The highest BCUT2D eigenvalue weighted by atomic mass is 35.5. The fourth-order valence-corrected chi connectivity index (χ4v) is 4.27. The molecule has 0 radical (unpaired) electrons. The number of thioether (sulfide) groups is 1. The maximum absolute atomic E-state index is 12.9. The molecule has 3 rings (SSSR count). The summed E-state index contributed by atoms with van der Waals surface area (Å²) in [7, 11) is 0. The summed E-state index contributed by atoms with van der Waals surface area (Å²) in [4.78, 5) is 28.0. The molecule has 1 N–H and O–H groups in total. The van der Waals surface area contributed by atoms with Crippen molar-refractivity contribution in [1.82, 2.24) is 4.90 Å². The Morgan fingerprint density at radius 2 is 2.04 bits per heavy atom. The van der Waals surface area contributed by atoms with Crippen LogP contribution in [0.15, 0.2) is 47.4 Å². The molecule has 2 aromatic rings. The molecule has 1 aliphatic heterocycles. The predicted molar refractivity (Wildman–Crippen MR) is 111 cm³/mol. The molecular formula is C21H20ClN3O2S. The fraction of sp³-hybridized carbons (Fsp3) is 0.286. The second kappa shape index (κ2) is 9.13. The van der Waals surface area contributed by atoms with Crippen molar-refractivity contribution in [3.8, 4) is 6.07 Å². The molecule has 0 aromatic heterocycles. The molecular weight excluding hydrogens is 394 g/mol. The monoisotopic (exact) mass is 413 g/mol. The number of nitriles is 1. The molecule has 0 saturated carbocycles. The van der Waals surface area contributed by atoms with Crippen LogP contribution in [0.1, 0.15) is 30.9 Å². The normalized spacial score (nSPS) is 15.3. The molecule has 0 aliphatic carbocycles. The van der Waals surface area contributed by atoms with Gasteiger partial charge in [-0.05, 0) is 42.3 Å². The van der Waals surface area contributed by atoms with Gasteiger partial charge in [0, 0.05) is 29.4 Å². The molecule has 1 unspecified atom stereocenters. The van der Waals surface area contributed by atoms with Crippen LogP contribution >= 0.6 is 23.4 Å². The van der Waals surface area contributed by atoms with Gasteiger partial charge in [-0.2, -0.15) is 5.26 Å². The van der Waals surface area contributed by atoms with E-state index in [1.165, 1.54) is 11.8 Å². The first kappa shape index (κ1) is 20.2. The van der Waals surface area contributed by atoms with Crippen molar-refractivity contribution >= 4 is 40.9 Å². The highest BCUT2D eigenvalue weighted by molar-refractivity contribution is 8.01. The summed E-state index contributed by atoms with van der Waals surface area (Å²) in [6.45, 7) is 3.09. The van der Waals surface area contributed by atoms with Crippen LogP contribution in [0.2, 0.25) is 5.02 Å². The zero-order chi connectivity index (χ0) is 20.1. The molecule has 0 bridgehead atoms. The van der Waals surface area contributed by atoms with E-state index in [2.05, 4.69) is 11.4 Å². The van der Waals surface area contributed by atoms with Crippen molar-refractivity contribution in [1.29, 1.82) is 5.26 Å². The van der Waals surface area contributed by atoms with E-state index < -0.39 is 5.25 Å². The van der Waals surface area contributed by atoms with Crippen LogP contribution in [0.5, 0.6) is 0 Å². The van der Waals surface area contributed by atoms with E-state index in [0.717, 1.165) is 16.9 Å². The minimum absolute atomic E-state index is 0.0590. The minimum atomic E-state index is -0.471. The van der Waals surface area contributed by atoms with Crippen molar-refractivity contribution < 1.29 is 9.59 Å². The third-order valence-electron chi connectivity index (χ3n) is 4.42. The third-order valence-corrected chi connectivity index (χ3v) is 5.93. The molecule has 1 heterocycles. The molecule has 2 aromatic carbocycles. The number of hydrogen-bond donors (Lipinski definition) is 1. The van der Waals surface area contributed by atoms with Gasteiger partial charge in [0.2, 0.25) is 11.8 Å². The molecule has 144 valence electrons. The van der Waals surface area contributed by atoms with Crippen molar-refractivity contribution in [2.24, 2.45) is 0 Å². The predicted octanol–water partition coefficient (Wildman–Crippen LogP) is 4.45. The van der Waals surface area contributed by atoms with Gasteiger partial charge in [0.1, 0.15) is 0 Å². The minimum Gasteiger partial charge on any atom is -0.338 e. The Kier molecular flexibility index (Phi) is 6.61. The van der Waals surface area contributed by atoms with Crippen molar-refractivity contribution in [3.63, 3.8) is 0 Å². The lowest BCUT2D eigenvalue weighted by molar-refractivity contribution is -0.133. The van der Waals surface area contributed by atoms with Gasteiger partial charge in [-0.25, -0.2) is 0 Å². The summed E-state index contributed by atoms with van der Waals surface area (Å²) in [5.41, 5.74) is 2.24. The molecule has 7 heteroatoms. The highest BCUT2D eigenvalue weighted by Crippen LogP contribution is 2.38. The average molecular weight is 414 g/mol. The number of carbonyl (C=O) groups is 2. The maximum Gasteiger partial charge on any atom is 0.238 e. The second-order valence-corrected chi connectivity index (χ2v) is 8.25. The standard InChI is InChI=1S/C21H20ClN3O2S/c1-2-9-25(13-15-5-3-14(12-23)4-6-15)20(26)11-19-21(27)24-17-10-16(22)7-8-18(17)28-19/h3-8,10,19H,2,9,11,13H2,1H3,(H,24,27). The largest absolute Gasteiger partial charge is 0.338 e. The number of fused-ring (bicyclic) bond motifs is 1. The third kappa shape index (κ3) is 4.86. The Labute approximate surface area is 173 Å². The van der Waals surface area contributed by atoms with Crippen LogP contribution in [0, 0.1) is 11.3 Å². The van der Waals surface area contributed by atoms with E-state index in [0.29, 0.717) is 29.4 Å². The van der Waals surface area contributed by atoms with Crippen LogP contribution < -0.4 is 5.32 Å². The number of nitrogens with one attached hydrogen (secondary N) is 1. The number of amides is 2. The fourth-order valence-electron chi connectivity index (χ4n) is 3.01. The molecule has 1 atom stereocenters. The van der Waals surface area contributed by atoms with Gasteiger partial charge in [0.05, 0.1) is 22.6 Å². The van der Waals surface area contributed by atoms with Gasteiger partial charge in [-0.3, -0.25) is 9.59 Å². The summed E-state index contributed by atoms with van der Waals surface area (Å²) in [5, 5.41) is 11.8. The zero-order valence-electron chi connectivity index (χ0n) is 15.4. The number of anilines is 1. The summed E-state index contributed by atoms with van der Waals surface area (Å²) in [6, 6.07) is 14.7. The molecule has 1 aliphatic rings. The molecule has 0 saturated heterocycles. The van der Waals surface area contributed by atoms with Crippen molar-refractivity contribution in [3.05, 3.63) is 58.6 Å². The van der Waals surface area contributed by atoms with Gasteiger partial charge in [0.25, 0.3) is 0 Å². The quantitative estimate of drug-likeness (QED) is 0.759.